The number of carbonyl (C=O) groups excluding carboxylic acids is 1. The van der Waals surface area contributed by atoms with Gasteiger partial charge in [0.05, 0.1) is 18.5 Å². The first kappa shape index (κ1) is 44.0. The van der Waals surface area contributed by atoms with E-state index in [9.17, 15) is 9.59 Å². The van der Waals surface area contributed by atoms with E-state index in [1.807, 2.05) is 56.3 Å². The van der Waals surface area contributed by atoms with Crippen molar-refractivity contribution < 1.29 is 9.53 Å². The Morgan fingerprint density at radius 3 is 2.15 bits per heavy atom. The van der Waals surface area contributed by atoms with Crippen LogP contribution in [0.4, 0.5) is 23.0 Å². The Morgan fingerprint density at radius 2 is 1.48 bits per heavy atom. The van der Waals surface area contributed by atoms with Crippen LogP contribution in [-0.2, 0) is 4.79 Å². The molecule has 0 radical (unpaired) electrons. The van der Waals surface area contributed by atoms with Crippen molar-refractivity contribution in [1.82, 2.24) is 24.8 Å². The van der Waals surface area contributed by atoms with E-state index in [1.54, 1.807) is 23.9 Å². The molecule has 1 saturated heterocycles. The fraction of sp³-hybridized carbons (Fsp3) is 0.608. The minimum Gasteiger partial charge on any atom is -0.494 e. The summed E-state index contributed by atoms with van der Waals surface area (Å²) >= 11 is 0. The molecule has 0 atom stereocenters. The molecule has 9 rings (SSSR count). The van der Waals surface area contributed by atoms with E-state index in [4.69, 9.17) is 9.72 Å². The van der Waals surface area contributed by atoms with Gasteiger partial charge in [0.2, 0.25) is 11.9 Å². The quantitative estimate of drug-likeness (QED) is 0.0794. The summed E-state index contributed by atoms with van der Waals surface area (Å²) in [5.74, 6) is 4.21. The Morgan fingerprint density at radius 1 is 0.823 bits per heavy atom. The molecule has 0 unspecified atom stereocenters. The van der Waals surface area contributed by atoms with Gasteiger partial charge in [-0.1, -0.05) is 57.4 Å². The molecule has 4 aromatic rings. The fourth-order valence-corrected chi connectivity index (χ4v) is 11.8. The van der Waals surface area contributed by atoms with Crippen LogP contribution in [-0.4, -0.2) is 85.8 Å². The second kappa shape index (κ2) is 20.2. The first-order valence-corrected chi connectivity index (χ1v) is 24.0. The smallest absolute Gasteiger partial charge is 0.257 e. The number of unbranched alkanes of at least 4 members (excludes halogenated alkanes) is 9. The molecule has 5 aliphatic rings. The number of ether oxygens (including phenoxy) is 1. The van der Waals surface area contributed by atoms with E-state index in [2.05, 4.69) is 37.6 Å². The van der Waals surface area contributed by atoms with Crippen LogP contribution in [0.3, 0.4) is 0 Å². The Bertz CT molecular complexity index is 2160. The number of carbonyl (C=O) groups is 1. The number of anilines is 4. The van der Waals surface area contributed by atoms with Crippen molar-refractivity contribution >= 4 is 40.0 Å². The molecule has 11 heteroatoms. The second-order valence-electron chi connectivity index (χ2n) is 19.7. The van der Waals surface area contributed by atoms with Gasteiger partial charge in [0, 0.05) is 88.3 Å². The number of hydrogen-bond acceptors (Lipinski definition) is 9. The van der Waals surface area contributed by atoms with Crippen molar-refractivity contribution in [3.8, 4) is 11.4 Å². The number of amides is 1. The number of piperazine rings is 1. The van der Waals surface area contributed by atoms with E-state index in [1.165, 1.54) is 103 Å². The lowest BCUT2D eigenvalue weighted by atomic mass is 9.49. The highest BCUT2D eigenvalue weighted by atomic mass is 16.5. The van der Waals surface area contributed by atoms with E-state index >= 15 is 0 Å². The Labute approximate surface area is 370 Å². The standard InChI is InChI=1S/C51H72N8O3/c1-37-26-48(61)59(43-17-15-16-41(30-43)56(2)3)49-44(37)36-53-50(55-49)54-45-19-18-42(31-46(45)62-4)58-24-22-57(23-25-58)21-14-12-10-8-6-5-7-9-11-13-20-52-47(60)35-51-32-38-27-39(33-51)29-40(28-38)34-51/h15-19,26,30-31,36,38-40H,5-14,20-25,27-29,32-35H2,1-4H3,(H,52,60)(H,53,54,55). The van der Waals surface area contributed by atoms with E-state index < -0.39 is 0 Å². The summed E-state index contributed by atoms with van der Waals surface area (Å²) < 4.78 is 7.52. The number of benzene rings is 2. The number of methoxy groups -OCH3 is 1. The Balaban J connectivity index is 0.702. The molecule has 1 aliphatic heterocycles. The molecule has 2 aromatic carbocycles. The third kappa shape index (κ3) is 10.7. The first-order chi connectivity index (χ1) is 30.1. The third-order valence-corrected chi connectivity index (χ3v) is 14.7. The molecule has 334 valence electrons. The molecule has 5 fully saturated rings. The molecule has 4 bridgehead atoms. The Hall–Kier alpha value is -4.64. The van der Waals surface area contributed by atoms with Gasteiger partial charge in [-0.2, -0.15) is 4.98 Å². The van der Waals surface area contributed by atoms with Gasteiger partial charge in [-0.3, -0.25) is 19.1 Å². The lowest BCUT2D eigenvalue weighted by molar-refractivity contribution is -0.129. The topological polar surface area (TPSA) is 108 Å². The maximum Gasteiger partial charge on any atom is 0.257 e. The predicted molar refractivity (Wildman–Crippen MR) is 254 cm³/mol. The molecule has 0 spiro atoms. The van der Waals surface area contributed by atoms with Gasteiger partial charge in [-0.25, -0.2) is 4.98 Å². The lowest BCUT2D eigenvalue weighted by Gasteiger charge is -2.56. The molecule has 2 N–H and O–H groups in total. The summed E-state index contributed by atoms with van der Waals surface area (Å²) in [6.07, 6.45) is 23.9. The minimum absolute atomic E-state index is 0.137. The molecule has 2 aromatic heterocycles. The zero-order valence-electron chi connectivity index (χ0n) is 38.1. The summed E-state index contributed by atoms with van der Waals surface area (Å²) in [4.78, 5) is 42.7. The van der Waals surface area contributed by atoms with E-state index in [-0.39, 0.29) is 5.56 Å². The summed E-state index contributed by atoms with van der Waals surface area (Å²) in [5.41, 5.74) is 5.27. The molecule has 62 heavy (non-hydrogen) atoms. The van der Waals surface area contributed by atoms with Crippen LogP contribution in [0.5, 0.6) is 5.75 Å². The van der Waals surface area contributed by atoms with Crippen LogP contribution in [0.25, 0.3) is 16.7 Å². The van der Waals surface area contributed by atoms with Crippen molar-refractivity contribution in [2.45, 2.75) is 116 Å². The summed E-state index contributed by atoms with van der Waals surface area (Å²) in [6.45, 7) is 8.08. The van der Waals surface area contributed by atoms with Gasteiger partial charge < -0.3 is 25.2 Å². The highest BCUT2D eigenvalue weighted by Gasteiger charge is 2.51. The number of fused-ring (bicyclic) bond motifs is 1. The molecule has 1 amide bonds. The van der Waals surface area contributed by atoms with Gasteiger partial charge in [-0.15, -0.1) is 0 Å². The highest BCUT2D eigenvalue weighted by Crippen LogP contribution is 2.61. The summed E-state index contributed by atoms with van der Waals surface area (Å²) in [7, 11) is 5.66. The van der Waals surface area contributed by atoms with E-state index in [0.29, 0.717) is 22.9 Å². The van der Waals surface area contributed by atoms with Crippen molar-refractivity contribution in [2.75, 3.05) is 75.6 Å². The number of aromatic nitrogens is 3. The molecule has 11 nitrogen and oxygen atoms in total. The van der Waals surface area contributed by atoms with Crippen LogP contribution in [0, 0.1) is 30.1 Å². The number of hydrogen-bond donors (Lipinski definition) is 2. The normalized spacial score (nSPS) is 22.0. The SMILES string of the molecule is COc1cc(N2CCN(CCCCCCCCCCCCNC(=O)CC34CC5CC(CC(C5)C3)C4)CC2)ccc1Nc1ncc2c(C)cc(=O)n(-c3cccc(N(C)C)c3)c2n1. The average Bonchev–Trinajstić information content (AvgIpc) is 3.25. The number of nitrogens with one attached hydrogen (secondary N) is 2. The maximum absolute atomic E-state index is 13.4. The number of nitrogens with zero attached hydrogens (tertiary/aromatic N) is 6. The monoisotopic (exact) mass is 845 g/mol. The minimum atomic E-state index is -0.137. The van der Waals surface area contributed by atoms with E-state index in [0.717, 1.165) is 103 Å². The first-order valence-electron chi connectivity index (χ1n) is 24.0. The second-order valence-corrected chi connectivity index (χ2v) is 19.7. The highest BCUT2D eigenvalue weighted by molar-refractivity contribution is 5.81. The molecular weight excluding hydrogens is 773 g/mol. The average molecular weight is 845 g/mol. The molecule has 4 saturated carbocycles. The van der Waals surface area contributed by atoms with Crippen molar-refractivity contribution in [3.05, 3.63) is 70.6 Å². The van der Waals surface area contributed by atoms with Crippen molar-refractivity contribution in [1.29, 1.82) is 0 Å². The number of pyridine rings is 1. The van der Waals surface area contributed by atoms with Gasteiger partial charge in [0.15, 0.2) is 5.65 Å². The van der Waals surface area contributed by atoms with Crippen molar-refractivity contribution in [3.63, 3.8) is 0 Å². The Kier molecular flexibility index (Phi) is 14.4. The summed E-state index contributed by atoms with van der Waals surface area (Å²) in [6, 6.07) is 15.8. The third-order valence-electron chi connectivity index (χ3n) is 14.7. The van der Waals surface area contributed by atoms with Crippen molar-refractivity contribution in [2.24, 2.45) is 23.2 Å². The van der Waals surface area contributed by atoms with Gasteiger partial charge in [-0.05, 0) is 124 Å². The lowest BCUT2D eigenvalue weighted by Crippen LogP contribution is -2.48. The molecule has 4 aliphatic carbocycles. The predicted octanol–water partition coefficient (Wildman–Crippen LogP) is 9.65. The zero-order chi connectivity index (χ0) is 43.1. The largest absolute Gasteiger partial charge is 0.494 e. The summed E-state index contributed by atoms with van der Waals surface area (Å²) in [5, 5.41) is 7.47. The van der Waals surface area contributed by atoms with Gasteiger partial charge in [0.25, 0.3) is 5.56 Å². The van der Waals surface area contributed by atoms with Gasteiger partial charge in [0.1, 0.15) is 5.75 Å². The number of aryl methyl sites for hydroxylation is 1. The number of rotatable bonds is 21. The zero-order valence-corrected chi connectivity index (χ0v) is 38.1. The van der Waals surface area contributed by atoms with Crippen LogP contribution in [0.2, 0.25) is 0 Å². The van der Waals surface area contributed by atoms with Gasteiger partial charge >= 0.3 is 0 Å². The molecular formula is C51H72N8O3. The van der Waals surface area contributed by atoms with Crippen LogP contribution >= 0.6 is 0 Å². The van der Waals surface area contributed by atoms with Crippen LogP contribution in [0.1, 0.15) is 115 Å². The van der Waals surface area contributed by atoms with Crippen LogP contribution in [0.15, 0.2) is 59.5 Å². The maximum atomic E-state index is 13.4. The van der Waals surface area contributed by atoms with Crippen LogP contribution < -0.4 is 30.7 Å². The fourth-order valence-electron chi connectivity index (χ4n) is 11.8. The molecule has 3 heterocycles.